The second-order valence-electron chi connectivity index (χ2n) is 5.26. The van der Waals surface area contributed by atoms with Gasteiger partial charge in [0.2, 0.25) is 5.91 Å². The standard InChI is InChI=1S/C13H15F3N4O2/c1-20-5-8(9(6-20)13(14,15)16)12(22)19-7-2-3-10(11(17)21)18-4-7/h2-4,8-9H,5-6H2,1H3,(H2,17,21)(H,19,22)/t8-,9-/m1/s1. The first-order valence-corrected chi connectivity index (χ1v) is 6.50. The van der Waals surface area contributed by atoms with Crippen LogP contribution in [0.1, 0.15) is 10.5 Å². The minimum Gasteiger partial charge on any atom is -0.364 e. The molecule has 0 aliphatic carbocycles. The van der Waals surface area contributed by atoms with Crippen molar-refractivity contribution >= 4 is 17.5 Å². The van der Waals surface area contributed by atoms with Crippen molar-refractivity contribution in [3.8, 4) is 0 Å². The molecule has 0 bridgehead atoms. The highest BCUT2D eigenvalue weighted by atomic mass is 19.4. The lowest BCUT2D eigenvalue weighted by atomic mass is 9.94. The van der Waals surface area contributed by atoms with E-state index in [2.05, 4.69) is 10.3 Å². The number of aromatic nitrogens is 1. The highest BCUT2D eigenvalue weighted by Gasteiger charge is 2.51. The molecule has 1 fully saturated rings. The first-order chi connectivity index (χ1) is 10.2. The van der Waals surface area contributed by atoms with Crippen molar-refractivity contribution in [3.05, 3.63) is 24.0 Å². The molecule has 0 spiro atoms. The highest BCUT2D eigenvalue weighted by molar-refractivity contribution is 5.94. The van der Waals surface area contributed by atoms with Crippen LogP contribution in [0.15, 0.2) is 18.3 Å². The Kier molecular flexibility index (Phi) is 4.36. The maximum Gasteiger partial charge on any atom is 0.393 e. The van der Waals surface area contributed by atoms with Crippen LogP contribution in [0.3, 0.4) is 0 Å². The number of hydrogen-bond donors (Lipinski definition) is 2. The minimum atomic E-state index is -4.43. The van der Waals surface area contributed by atoms with Crippen LogP contribution in [0, 0.1) is 11.8 Å². The first kappa shape index (κ1) is 16.2. The molecule has 22 heavy (non-hydrogen) atoms. The zero-order valence-electron chi connectivity index (χ0n) is 11.7. The molecule has 1 saturated heterocycles. The molecule has 2 heterocycles. The maximum absolute atomic E-state index is 13.0. The van der Waals surface area contributed by atoms with Gasteiger partial charge < -0.3 is 16.0 Å². The van der Waals surface area contributed by atoms with E-state index in [1.165, 1.54) is 30.3 Å². The lowest BCUT2D eigenvalue weighted by molar-refractivity contribution is -0.182. The van der Waals surface area contributed by atoms with E-state index in [0.29, 0.717) is 0 Å². The van der Waals surface area contributed by atoms with E-state index in [-0.39, 0.29) is 24.5 Å². The van der Waals surface area contributed by atoms with Crippen LogP contribution in [-0.4, -0.2) is 48.0 Å². The summed E-state index contributed by atoms with van der Waals surface area (Å²) in [4.78, 5) is 28.1. The highest BCUT2D eigenvalue weighted by Crippen LogP contribution is 2.37. The number of likely N-dealkylation sites (tertiary alicyclic amines) is 1. The Morgan fingerprint density at radius 3 is 2.55 bits per heavy atom. The summed E-state index contributed by atoms with van der Waals surface area (Å²) in [5, 5.41) is 2.39. The summed E-state index contributed by atoms with van der Waals surface area (Å²) in [5.74, 6) is -4.33. The van der Waals surface area contributed by atoms with Crippen LogP contribution in [0.5, 0.6) is 0 Å². The van der Waals surface area contributed by atoms with Crippen LogP contribution in [0.4, 0.5) is 18.9 Å². The van der Waals surface area contributed by atoms with E-state index in [1.54, 1.807) is 0 Å². The number of nitrogens with zero attached hydrogens (tertiary/aromatic N) is 2. The van der Waals surface area contributed by atoms with E-state index >= 15 is 0 Å². The molecule has 120 valence electrons. The van der Waals surface area contributed by atoms with Crippen LogP contribution in [0.25, 0.3) is 0 Å². The van der Waals surface area contributed by atoms with Gasteiger partial charge in [-0.2, -0.15) is 13.2 Å². The minimum absolute atomic E-state index is 0.00627. The molecule has 3 N–H and O–H groups in total. The molecule has 0 radical (unpaired) electrons. The summed E-state index contributed by atoms with van der Waals surface area (Å²) in [7, 11) is 1.54. The fourth-order valence-electron chi connectivity index (χ4n) is 2.45. The van der Waals surface area contributed by atoms with E-state index in [4.69, 9.17) is 5.73 Å². The molecule has 0 saturated carbocycles. The topological polar surface area (TPSA) is 88.3 Å². The third-order valence-corrected chi connectivity index (χ3v) is 3.54. The van der Waals surface area contributed by atoms with Gasteiger partial charge in [0.15, 0.2) is 0 Å². The van der Waals surface area contributed by atoms with Crippen LogP contribution >= 0.6 is 0 Å². The van der Waals surface area contributed by atoms with Crippen molar-refractivity contribution in [2.75, 3.05) is 25.5 Å². The van der Waals surface area contributed by atoms with Gasteiger partial charge in [-0.05, 0) is 19.2 Å². The number of nitrogens with one attached hydrogen (secondary N) is 1. The monoisotopic (exact) mass is 316 g/mol. The number of rotatable bonds is 3. The number of alkyl halides is 3. The molecular formula is C13H15F3N4O2. The largest absolute Gasteiger partial charge is 0.393 e. The van der Waals surface area contributed by atoms with Gasteiger partial charge in [-0.15, -0.1) is 0 Å². The summed E-state index contributed by atoms with van der Waals surface area (Å²) < 4.78 is 38.9. The average Bonchev–Trinajstić information content (AvgIpc) is 2.81. The van der Waals surface area contributed by atoms with Crippen molar-refractivity contribution in [2.45, 2.75) is 6.18 Å². The second kappa shape index (κ2) is 5.91. The predicted octanol–water partition coefficient (Wildman–Crippen LogP) is 0.859. The number of pyridine rings is 1. The zero-order valence-corrected chi connectivity index (χ0v) is 11.7. The van der Waals surface area contributed by atoms with Crippen LogP contribution in [0.2, 0.25) is 0 Å². The molecule has 6 nitrogen and oxygen atoms in total. The molecular weight excluding hydrogens is 301 g/mol. The van der Waals surface area contributed by atoms with Crippen LogP contribution in [-0.2, 0) is 4.79 Å². The van der Waals surface area contributed by atoms with E-state index in [1.807, 2.05) is 0 Å². The number of anilines is 1. The third kappa shape index (κ3) is 3.53. The van der Waals surface area contributed by atoms with Crippen molar-refractivity contribution in [1.29, 1.82) is 0 Å². The Bertz CT molecular complexity index is 574. The maximum atomic E-state index is 13.0. The van der Waals surface area contributed by atoms with Crippen LogP contribution < -0.4 is 11.1 Å². The number of primary amides is 1. The predicted molar refractivity (Wildman–Crippen MR) is 71.9 cm³/mol. The molecule has 1 aliphatic heterocycles. The van der Waals surface area contributed by atoms with Gasteiger partial charge in [0.1, 0.15) is 5.69 Å². The summed E-state index contributed by atoms with van der Waals surface area (Å²) >= 11 is 0. The van der Waals surface area contributed by atoms with Gasteiger partial charge >= 0.3 is 6.18 Å². The summed E-state index contributed by atoms with van der Waals surface area (Å²) in [5.41, 5.74) is 5.25. The van der Waals surface area contributed by atoms with Crippen molar-refractivity contribution in [2.24, 2.45) is 17.6 Å². The van der Waals surface area contributed by atoms with Crippen molar-refractivity contribution in [1.82, 2.24) is 9.88 Å². The Morgan fingerprint density at radius 1 is 1.36 bits per heavy atom. The number of carbonyl (C=O) groups is 2. The number of halogens is 3. The first-order valence-electron chi connectivity index (χ1n) is 6.50. The van der Waals surface area contributed by atoms with Gasteiger partial charge in [0.25, 0.3) is 5.91 Å². The molecule has 1 aromatic heterocycles. The number of amides is 2. The average molecular weight is 316 g/mol. The van der Waals surface area contributed by atoms with E-state index in [9.17, 15) is 22.8 Å². The van der Waals surface area contributed by atoms with Gasteiger partial charge in [-0.3, -0.25) is 9.59 Å². The normalized spacial score (nSPS) is 22.5. The van der Waals surface area contributed by atoms with E-state index < -0.39 is 29.8 Å². The number of hydrogen-bond acceptors (Lipinski definition) is 4. The molecule has 9 heteroatoms. The van der Waals surface area contributed by atoms with Gasteiger partial charge in [0.05, 0.1) is 23.7 Å². The lowest BCUT2D eigenvalue weighted by Gasteiger charge is -2.20. The number of nitrogens with two attached hydrogens (primary N) is 1. The quantitative estimate of drug-likeness (QED) is 0.865. The zero-order chi connectivity index (χ0) is 16.5. The van der Waals surface area contributed by atoms with Gasteiger partial charge in [-0.1, -0.05) is 0 Å². The van der Waals surface area contributed by atoms with Gasteiger partial charge in [0, 0.05) is 13.1 Å². The SMILES string of the molecule is CN1C[C@@H](C(F)(F)F)[C@H](C(=O)Nc2ccc(C(N)=O)nc2)C1. The summed E-state index contributed by atoms with van der Waals surface area (Å²) in [6.45, 7) is -0.177. The Balaban J connectivity index is 2.09. The molecule has 2 rings (SSSR count). The van der Waals surface area contributed by atoms with Crippen molar-refractivity contribution < 1.29 is 22.8 Å². The van der Waals surface area contributed by atoms with E-state index in [0.717, 1.165) is 0 Å². The fourth-order valence-corrected chi connectivity index (χ4v) is 2.45. The Labute approximate surface area is 124 Å². The molecule has 1 aliphatic rings. The second-order valence-corrected chi connectivity index (χ2v) is 5.26. The molecule has 2 amide bonds. The lowest BCUT2D eigenvalue weighted by Crippen LogP contribution is -2.36. The number of carbonyl (C=O) groups excluding carboxylic acids is 2. The van der Waals surface area contributed by atoms with Crippen molar-refractivity contribution in [3.63, 3.8) is 0 Å². The smallest absolute Gasteiger partial charge is 0.364 e. The summed E-state index contributed by atoms with van der Waals surface area (Å²) in [6.07, 6.45) is -3.25. The molecule has 2 atom stereocenters. The Morgan fingerprint density at radius 2 is 2.05 bits per heavy atom. The third-order valence-electron chi connectivity index (χ3n) is 3.54. The molecule has 0 aromatic carbocycles. The summed E-state index contributed by atoms with van der Waals surface area (Å²) in [6, 6.07) is 2.66. The Hall–Kier alpha value is -2.16. The molecule has 0 unspecified atom stereocenters. The molecule has 1 aromatic rings. The fraction of sp³-hybridized carbons (Fsp3) is 0.462. The van der Waals surface area contributed by atoms with Gasteiger partial charge in [-0.25, -0.2) is 4.98 Å².